The number of ether oxygens (including phenoxy) is 2. The van der Waals surface area contributed by atoms with Crippen molar-refractivity contribution in [1.82, 2.24) is 19.5 Å². The number of morpholine rings is 1. The third kappa shape index (κ3) is 4.54. The predicted octanol–water partition coefficient (Wildman–Crippen LogP) is 3.50. The Bertz CT molecular complexity index is 983. The Hall–Kier alpha value is -2.32. The van der Waals surface area contributed by atoms with Gasteiger partial charge >= 0.3 is 0 Å². The zero-order chi connectivity index (χ0) is 20.9. The Kier molecular flexibility index (Phi) is 6.74. The fourth-order valence-corrected chi connectivity index (χ4v) is 4.45. The number of imidazole rings is 1. The molecule has 0 radical (unpaired) electrons. The van der Waals surface area contributed by atoms with Gasteiger partial charge in [0.2, 0.25) is 0 Å². The van der Waals surface area contributed by atoms with Crippen LogP contribution in [0.15, 0.2) is 29.4 Å². The molecule has 1 aliphatic rings. The summed E-state index contributed by atoms with van der Waals surface area (Å²) in [5, 5.41) is 0.823. The van der Waals surface area contributed by atoms with Crippen LogP contribution in [0.5, 0.6) is 5.75 Å². The molecule has 1 fully saturated rings. The second-order valence-electron chi connectivity index (χ2n) is 7.34. The number of thioether (sulfide) groups is 1. The average molecular weight is 428 g/mol. The van der Waals surface area contributed by atoms with Gasteiger partial charge in [0.1, 0.15) is 11.6 Å². The van der Waals surface area contributed by atoms with E-state index in [2.05, 4.69) is 28.5 Å². The van der Waals surface area contributed by atoms with Crippen LogP contribution in [0.4, 0.5) is 5.82 Å². The molecule has 30 heavy (non-hydrogen) atoms. The summed E-state index contributed by atoms with van der Waals surface area (Å²) < 4.78 is 12.9. The molecule has 0 amide bonds. The first-order chi connectivity index (χ1) is 14.7. The minimum Gasteiger partial charge on any atom is -0.497 e. The minimum atomic E-state index is 0.725. The molecule has 1 aliphatic heterocycles. The van der Waals surface area contributed by atoms with Gasteiger partial charge in [0.25, 0.3) is 0 Å². The molecule has 0 N–H and O–H groups in total. The number of nitrogens with zero attached hydrogens (tertiary/aromatic N) is 5. The maximum absolute atomic E-state index is 5.53. The van der Waals surface area contributed by atoms with E-state index in [9.17, 15) is 0 Å². The van der Waals surface area contributed by atoms with Crippen molar-refractivity contribution in [2.45, 2.75) is 31.3 Å². The number of fused-ring (bicyclic) bond motifs is 1. The van der Waals surface area contributed by atoms with Crippen LogP contribution >= 0.6 is 11.8 Å². The topological polar surface area (TPSA) is 65.3 Å². The first kappa shape index (κ1) is 20.9. The average Bonchev–Trinajstić information content (AvgIpc) is 3.13. The maximum Gasteiger partial charge on any atom is 0.191 e. The van der Waals surface area contributed by atoms with Gasteiger partial charge in [-0.05, 0) is 30.5 Å². The van der Waals surface area contributed by atoms with E-state index in [1.165, 1.54) is 5.56 Å². The number of methoxy groups -OCH3 is 1. The summed E-state index contributed by atoms with van der Waals surface area (Å²) in [6, 6.07) is 8.29. The highest BCUT2D eigenvalue weighted by molar-refractivity contribution is 7.99. The summed E-state index contributed by atoms with van der Waals surface area (Å²) in [6.45, 7) is 5.25. The van der Waals surface area contributed by atoms with Crippen LogP contribution in [0.25, 0.3) is 11.2 Å². The zero-order valence-corrected chi connectivity index (χ0v) is 18.7. The molecule has 160 valence electrons. The first-order valence-electron chi connectivity index (χ1n) is 10.5. The lowest BCUT2D eigenvalue weighted by Crippen LogP contribution is -2.37. The van der Waals surface area contributed by atoms with Gasteiger partial charge in [-0.15, -0.1) is 0 Å². The smallest absolute Gasteiger partial charge is 0.191 e. The fraction of sp³-hybridized carbons (Fsp3) is 0.500. The van der Waals surface area contributed by atoms with Crippen molar-refractivity contribution in [1.29, 1.82) is 0 Å². The fourth-order valence-electron chi connectivity index (χ4n) is 3.68. The van der Waals surface area contributed by atoms with Crippen molar-refractivity contribution in [3.05, 3.63) is 35.7 Å². The van der Waals surface area contributed by atoms with E-state index in [4.69, 9.17) is 24.4 Å². The molecule has 0 unspecified atom stereocenters. The minimum absolute atomic E-state index is 0.725. The standard InChI is InChI=1S/C22H29N5O2S/c1-4-18-23-19-20(26(18)2)24-22(25-21(19)27-11-13-29-14-12-27)30-15-5-6-16-7-9-17(28-3)10-8-16/h7-10H,4-6,11-15H2,1-3H3. The lowest BCUT2D eigenvalue weighted by atomic mass is 10.1. The lowest BCUT2D eigenvalue weighted by Gasteiger charge is -2.28. The van der Waals surface area contributed by atoms with Gasteiger partial charge in [-0.3, -0.25) is 0 Å². The Balaban J connectivity index is 1.49. The number of anilines is 1. The lowest BCUT2D eigenvalue weighted by molar-refractivity contribution is 0.122. The Morgan fingerprint density at radius 3 is 2.57 bits per heavy atom. The Morgan fingerprint density at radius 2 is 1.87 bits per heavy atom. The molecule has 4 rings (SSSR count). The van der Waals surface area contributed by atoms with Crippen LogP contribution in [0.3, 0.4) is 0 Å². The van der Waals surface area contributed by atoms with Crippen LogP contribution in [-0.2, 0) is 24.6 Å². The SMILES string of the molecule is CCc1nc2c(N3CCOCC3)nc(SCCCc3ccc(OC)cc3)nc2n1C. The van der Waals surface area contributed by atoms with E-state index in [-0.39, 0.29) is 0 Å². The summed E-state index contributed by atoms with van der Waals surface area (Å²) >= 11 is 1.72. The van der Waals surface area contributed by atoms with Crippen molar-refractivity contribution >= 4 is 28.7 Å². The number of benzene rings is 1. The molecular formula is C22H29N5O2S. The number of hydrogen-bond acceptors (Lipinski definition) is 7. The molecule has 3 aromatic rings. The van der Waals surface area contributed by atoms with Crippen molar-refractivity contribution in [2.24, 2.45) is 7.05 Å². The van der Waals surface area contributed by atoms with Gasteiger partial charge in [-0.1, -0.05) is 30.8 Å². The Labute approximate surface area is 181 Å². The van der Waals surface area contributed by atoms with E-state index >= 15 is 0 Å². The number of hydrogen-bond donors (Lipinski definition) is 0. The highest BCUT2D eigenvalue weighted by Crippen LogP contribution is 2.28. The number of rotatable bonds is 8. The summed E-state index contributed by atoms with van der Waals surface area (Å²) in [7, 11) is 3.74. The molecule has 0 spiro atoms. The molecule has 0 saturated carbocycles. The second-order valence-corrected chi connectivity index (χ2v) is 8.40. The van der Waals surface area contributed by atoms with Crippen LogP contribution in [0, 0.1) is 0 Å². The van der Waals surface area contributed by atoms with E-state index in [1.807, 2.05) is 19.2 Å². The summed E-state index contributed by atoms with van der Waals surface area (Å²) in [5.74, 6) is 3.85. The molecule has 3 heterocycles. The van der Waals surface area contributed by atoms with Gasteiger partial charge in [-0.2, -0.15) is 0 Å². The number of aryl methyl sites for hydroxylation is 3. The van der Waals surface area contributed by atoms with E-state index < -0.39 is 0 Å². The molecule has 8 heteroatoms. The summed E-state index contributed by atoms with van der Waals surface area (Å²) in [6.07, 6.45) is 2.97. The van der Waals surface area contributed by atoms with Gasteiger partial charge in [0, 0.05) is 32.3 Å². The van der Waals surface area contributed by atoms with Crippen LogP contribution in [0.2, 0.25) is 0 Å². The molecular weight excluding hydrogens is 398 g/mol. The maximum atomic E-state index is 5.53. The van der Waals surface area contributed by atoms with Gasteiger partial charge in [0.15, 0.2) is 22.1 Å². The quantitative estimate of drug-likeness (QED) is 0.310. The van der Waals surface area contributed by atoms with Crippen LogP contribution in [0.1, 0.15) is 24.7 Å². The first-order valence-corrected chi connectivity index (χ1v) is 11.5. The summed E-state index contributed by atoms with van der Waals surface area (Å²) in [5.41, 5.74) is 3.14. The van der Waals surface area contributed by atoms with Crippen molar-refractivity contribution < 1.29 is 9.47 Å². The largest absolute Gasteiger partial charge is 0.497 e. The predicted molar refractivity (Wildman–Crippen MR) is 121 cm³/mol. The second kappa shape index (κ2) is 9.66. The van der Waals surface area contributed by atoms with Gasteiger partial charge in [0.05, 0.1) is 20.3 Å². The van der Waals surface area contributed by atoms with Crippen molar-refractivity contribution in [2.75, 3.05) is 44.1 Å². The molecule has 1 saturated heterocycles. The zero-order valence-electron chi connectivity index (χ0n) is 17.9. The monoisotopic (exact) mass is 427 g/mol. The molecule has 1 aromatic carbocycles. The molecule has 0 aliphatic carbocycles. The molecule has 2 aromatic heterocycles. The third-order valence-corrected chi connectivity index (χ3v) is 6.33. The molecule has 7 nitrogen and oxygen atoms in total. The van der Waals surface area contributed by atoms with E-state index in [0.717, 1.165) is 85.0 Å². The van der Waals surface area contributed by atoms with Gasteiger partial charge < -0.3 is 18.9 Å². The molecule has 0 atom stereocenters. The van der Waals surface area contributed by atoms with E-state index in [1.54, 1.807) is 18.9 Å². The highest BCUT2D eigenvalue weighted by Gasteiger charge is 2.21. The third-order valence-electron chi connectivity index (χ3n) is 5.40. The Morgan fingerprint density at radius 1 is 1.10 bits per heavy atom. The highest BCUT2D eigenvalue weighted by atomic mass is 32.2. The summed E-state index contributed by atoms with van der Waals surface area (Å²) in [4.78, 5) is 16.9. The van der Waals surface area contributed by atoms with Crippen molar-refractivity contribution in [3.63, 3.8) is 0 Å². The van der Waals surface area contributed by atoms with Crippen molar-refractivity contribution in [3.8, 4) is 5.75 Å². The molecule has 0 bridgehead atoms. The normalized spacial score (nSPS) is 14.4. The van der Waals surface area contributed by atoms with Crippen LogP contribution < -0.4 is 9.64 Å². The van der Waals surface area contributed by atoms with E-state index in [0.29, 0.717) is 0 Å². The number of aromatic nitrogens is 4. The van der Waals surface area contributed by atoms with Gasteiger partial charge in [-0.25, -0.2) is 15.0 Å². The van der Waals surface area contributed by atoms with Crippen LogP contribution in [-0.4, -0.2) is 58.7 Å².